The second-order valence-electron chi connectivity index (χ2n) is 5.51. The first-order valence-electron chi connectivity index (χ1n) is 6.81. The van der Waals surface area contributed by atoms with E-state index in [1.54, 1.807) is 0 Å². The minimum absolute atomic E-state index is 0.472. The molecule has 1 rings (SSSR count). The Bertz CT molecular complexity index is 345. The molecule has 0 spiro atoms. The molecule has 4 nitrogen and oxygen atoms in total. The van der Waals surface area contributed by atoms with Crippen LogP contribution in [-0.4, -0.2) is 29.5 Å². The van der Waals surface area contributed by atoms with Crippen molar-refractivity contribution in [2.75, 3.05) is 19.8 Å². The van der Waals surface area contributed by atoms with Crippen molar-refractivity contribution in [3.05, 3.63) is 17.5 Å². The van der Waals surface area contributed by atoms with Crippen LogP contribution < -0.4 is 5.32 Å². The molecule has 0 aliphatic carbocycles. The number of hydrogen-bond acceptors (Lipinski definition) is 3. The van der Waals surface area contributed by atoms with E-state index < -0.39 is 0 Å². The zero-order valence-corrected chi connectivity index (χ0v) is 12.4. The van der Waals surface area contributed by atoms with Gasteiger partial charge in [0, 0.05) is 38.5 Å². The first kappa shape index (κ1) is 15.2. The maximum Gasteiger partial charge on any atom is 0.0694 e. The van der Waals surface area contributed by atoms with E-state index in [1.807, 2.05) is 11.7 Å². The molecule has 0 aromatic carbocycles. The van der Waals surface area contributed by atoms with E-state index in [1.165, 1.54) is 11.3 Å². The van der Waals surface area contributed by atoms with Crippen LogP contribution in [0.1, 0.15) is 44.9 Å². The Morgan fingerprint density at radius 3 is 2.67 bits per heavy atom. The molecule has 1 N–H and O–H groups in total. The molecule has 0 unspecified atom stereocenters. The Morgan fingerprint density at radius 2 is 2.06 bits per heavy atom. The number of aryl methyl sites for hydroxylation is 1. The number of ether oxygens (including phenoxy) is 1. The SMILES string of the molecule is CC(C)COCCNCc1cn(C)nc1C(C)C. The number of rotatable bonds is 8. The number of nitrogens with one attached hydrogen (secondary N) is 1. The van der Waals surface area contributed by atoms with Gasteiger partial charge in [0.25, 0.3) is 0 Å². The Balaban J connectivity index is 2.27. The molecule has 0 aliphatic rings. The van der Waals surface area contributed by atoms with Gasteiger partial charge in [-0.3, -0.25) is 4.68 Å². The largest absolute Gasteiger partial charge is 0.380 e. The lowest BCUT2D eigenvalue weighted by Crippen LogP contribution is -2.20. The first-order valence-corrected chi connectivity index (χ1v) is 6.81. The monoisotopic (exact) mass is 253 g/mol. The van der Waals surface area contributed by atoms with E-state index >= 15 is 0 Å². The summed E-state index contributed by atoms with van der Waals surface area (Å²) in [5.41, 5.74) is 2.48. The van der Waals surface area contributed by atoms with Crippen LogP contribution in [0, 0.1) is 5.92 Å². The van der Waals surface area contributed by atoms with Crippen molar-refractivity contribution < 1.29 is 4.74 Å². The van der Waals surface area contributed by atoms with E-state index in [4.69, 9.17) is 4.74 Å². The maximum absolute atomic E-state index is 5.53. The molecule has 0 saturated carbocycles. The summed E-state index contributed by atoms with van der Waals surface area (Å²) in [6, 6.07) is 0. The highest BCUT2D eigenvalue weighted by Crippen LogP contribution is 2.16. The Kier molecular flexibility index (Phi) is 6.36. The molecule has 104 valence electrons. The summed E-state index contributed by atoms with van der Waals surface area (Å²) < 4.78 is 7.42. The Hall–Kier alpha value is -0.870. The van der Waals surface area contributed by atoms with Gasteiger partial charge < -0.3 is 10.1 Å². The van der Waals surface area contributed by atoms with Crippen LogP contribution >= 0.6 is 0 Å². The molecule has 0 radical (unpaired) electrons. The summed E-state index contributed by atoms with van der Waals surface area (Å²) in [5, 5.41) is 7.90. The summed E-state index contributed by atoms with van der Waals surface area (Å²) in [7, 11) is 1.97. The molecular weight excluding hydrogens is 226 g/mol. The van der Waals surface area contributed by atoms with E-state index in [0.717, 1.165) is 26.3 Å². The van der Waals surface area contributed by atoms with Crippen molar-refractivity contribution in [2.45, 2.75) is 40.2 Å². The average molecular weight is 253 g/mol. The molecule has 0 aliphatic heterocycles. The predicted molar refractivity (Wildman–Crippen MR) is 74.7 cm³/mol. The fourth-order valence-corrected chi connectivity index (χ4v) is 1.86. The summed E-state index contributed by atoms with van der Waals surface area (Å²) >= 11 is 0. The minimum atomic E-state index is 0.472. The van der Waals surface area contributed by atoms with Gasteiger partial charge in [0.15, 0.2) is 0 Å². The Morgan fingerprint density at radius 1 is 1.33 bits per heavy atom. The molecule has 0 atom stereocenters. The molecule has 1 aromatic heterocycles. The lowest BCUT2D eigenvalue weighted by Gasteiger charge is -2.09. The van der Waals surface area contributed by atoms with Crippen LogP contribution in [-0.2, 0) is 18.3 Å². The molecule has 0 bridgehead atoms. The molecule has 0 saturated heterocycles. The van der Waals surface area contributed by atoms with Gasteiger partial charge in [-0.05, 0) is 11.8 Å². The van der Waals surface area contributed by atoms with Crippen LogP contribution in [0.5, 0.6) is 0 Å². The van der Waals surface area contributed by atoms with Gasteiger partial charge in [0.2, 0.25) is 0 Å². The topological polar surface area (TPSA) is 39.1 Å². The van der Waals surface area contributed by atoms with Crippen molar-refractivity contribution in [3.63, 3.8) is 0 Å². The fourth-order valence-electron chi connectivity index (χ4n) is 1.86. The van der Waals surface area contributed by atoms with Crippen molar-refractivity contribution in [1.82, 2.24) is 15.1 Å². The van der Waals surface area contributed by atoms with E-state index in [0.29, 0.717) is 11.8 Å². The highest BCUT2D eigenvalue weighted by atomic mass is 16.5. The van der Waals surface area contributed by atoms with Crippen LogP contribution in [0.15, 0.2) is 6.20 Å². The van der Waals surface area contributed by atoms with Crippen molar-refractivity contribution in [2.24, 2.45) is 13.0 Å². The van der Waals surface area contributed by atoms with Crippen LogP contribution in [0.4, 0.5) is 0 Å². The van der Waals surface area contributed by atoms with E-state index in [2.05, 4.69) is 44.3 Å². The third kappa shape index (κ3) is 5.19. The van der Waals surface area contributed by atoms with Crippen molar-refractivity contribution >= 4 is 0 Å². The van der Waals surface area contributed by atoms with Crippen molar-refractivity contribution in [1.29, 1.82) is 0 Å². The van der Waals surface area contributed by atoms with Crippen LogP contribution in [0.2, 0.25) is 0 Å². The smallest absolute Gasteiger partial charge is 0.0694 e. The minimum Gasteiger partial charge on any atom is -0.380 e. The molecule has 0 amide bonds. The van der Waals surface area contributed by atoms with Crippen molar-refractivity contribution in [3.8, 4) is 0 Å². The highest BCUT2D eigenvalue weighted by Gasteiger charge is 2.10. The predicted octanol–water partition coefficient (Wildman–Crippen LogP) is 2.31. The maximum atomic E-state index is 5.53. The Labute approximate surface area is 111 Å². The van der Waals surface area contributed by atoms with Gasteiger partial charge in [-0.25, -0.2) is 0 Å². The zero-order valence-electron chi connectivity index (χ0n) is 12.4. The number of aromatic nitrogens is 2. The van der Waals surface area contributed by atoms with E-state index in [9.17, 15) is 0 Å². The summed E-state index contributed by atoms with van der Waals surface area (Å²) in [6.07, 6.45) is 2.09. The van der Waals surface area contributed by atoms with Gasteiger partial charge in [0.05, 0.1) is 12.3 Å². The molecule has 0 fully saturated rings. The third-order valence-corrected chi connectivity index (χ3v) is 2.67. The summed E-state index contributed by atoms with van der Waals surface area (Å²) in [5.74, 6) is 1.08. The first-order chi connectivity index (χ1) is 8.50. The number of nitrogens with zero attached hydrogens (tertiary/aromatic N) is 2. The van der Waals surface area contributed by atoms with Gasteiger partial charge in [-0.15, -0.1) is 0 Å². The summed E-state index contributed by atoms with van der Waals surface area (Å²) in [4.78, 5) is 0. The second kappa shape index (κ2) is 7.54. The standard InChI is InChI=1S/C14H27N3O/c1-11(2)10-18-7-6-15-8-13-9-17(5)16-14(13)12(3)4/h9,11-12,15H,6-8,10H2,1-5H3. The van der Waals surface area contributed by atoms with Crippen LogP contribution in [0.25, 0.3) is 0 Å². The summed E-state index contributed by atoms with van der Waals surface area (Å²) in [6.45, 7) is 12.1. The highest BCUT2D eigenvalue weighted by molar-refractivity contribution is 5.19. The second-order valence-corrected chi connectivity index (χ2v) is 5.51. The number of hydrogen-bond donors (Lipinski definition) is 1. The lowest BCUT2D eigenvalue weighted by molar-refractivity contribution is 0.111. The van der Waals surface area contributed by atoms with Gasteiger partial charge in [-0.2, -0.15) is 5.10 Å². The van der Waals surface area contributed by atoms with Crippen LogP contribution in [0.3, 0.4) is 0 Å². The molecule has 1 heterocycles. The molecular formula is C14H27N3O. The van der Waals surface area contributed by atoms with E-state index in [-0.39, 0.29) is 0 Å². The molecule has 4 heteroatoms. The quantitative estimate of drug-likeness (QED) is 0.723. The lowest BCUT2D eigenvalue weighted by atomic mass is 10.1. The van der Waals surface area contributed by atoms with Gasteiger partial charge >= 0.3 is 0 Å². The molecule has 1 aromatic rings. The normalized spacial score (nSPS) is 11.7. The zero-order chi connectivity index (χ0) is 13.5. The van der Waals surface area contributed by atoms with Gasteiger partial charge in [-0.1, -0.05) is 27.7 Å². The average Bonchev–Trinajstić information content (AvgIpc) is 2.64. The molecule has 18 heavy (non-hydrogen) atoms. The van der Waals surface area contributed by atoms with Gasteiger partial charge in [0.1, 0.15) is 0 Å². The third-order valence-electron chi connectivity index (χ3n) is 2.67. The fraction of sp³-hybridized carbons (Fsp3) is 0.786.